The Balaban J connectivity index is 1.58. The number of carbonyl (C=O) groups is 2. The van der Waals surface area contributed by atoms with Gasteiger partial charge in [0, 0.05) is 22.0 Å². The van der Waals surface area contributed by atoms with Crippen LogP contribution in [0.2, 0.25) is 0 Å². The number of hydrogen-bond acceptors (Lipinski definition) is 5. The molecular weight excluding hydrogens is 420 g/mol. The Hall–Kier alpha value is -4.00. The van der Waals surface area contributed by atoms with Gasteiger partial charge < -0.3 is 4.74 Å². The van der Waals surface area contributed by atoms with Crippen molar-refractivity contribution in [1.29, 1.82) is 0 Å². The van der Waals surface area contributed by atoms with Gasteiger partial charge in [-0.25, -0.2) is 4.90 Å². The molecule has 1 fully saturated rings. The largest absolute Gasteiger partial charge is 0.494 e. The Morgan fingerprint density at radius 1 is 0.909 bits per heavy atom. The van der Waals surface area contributed by atoms with Gasteiger partial charge in [0.1, 0.15) is 11.7 Å². The van der Waals surface area contributed by atoms with Gasteiger partial charge >= 0.3 is 0 Å². The van der Waals surface area contributed by atoms with E-state index in [1.54, 1.807) is 48.5 Å². The second-order valence-electron chi connectivity index (χ2n) is 8.62. The zero-order valence-electron chi connectivity index (χ0n) is 17.8. The van der Waals surface area contributed by atoms with E-state index in [9.17, 15) is 19.7 Å². The van der Waals surface area contributed by atoms with E-state index in [1.165, 1.54) is 0 Å². The lowest BCUT2D eigenvalue weighted by molar-refractivity contribution is -0.578. The minimum atomic E-state index is -1.81. The van der Waals surface area contributed by atoms with Crippen LogP contribution in [0.3, 0.4) is 0 Å². The first-order valence-corrected chi connectivity index (χ1v) is 11.0. The molecule has 33 heavy (non-hydrogen) atoms. The number of nitro groups is 1. The fraction of sp³-hybridized carbons (Fsp3) is 0.231. The number of amides is 2. The maximum atomic E-state index is 13.8. The number of rotatable bonds is 4. The molecule has 0 radical (unpaired) electrons. The molecule has 2 atom stereocenters. The number of ether oxygens (including phenoxy) is 1. The summed E-state index contributed by atoms with van der Waals surface area (Å²) in [5.74, 6) is -2.65. The second-order valence-corrected chi connectivity index (χ2v) is 8.62. The Morgan fingerprint density at radius 3 is 2.03 bits per heavy atom. The normalized spacial score (nSPS) is 26.6. The maximum absolute atomic E-state index is 13.8. The first kappa shape index (κ1) is 19.7. The summed E-state index contributed by atoms with van der Waals surface area (Å²) in [6.45, 7) is 2.36. The van der Waals surface area contributed by atoms with Gasteiger partial charge in [-0.3, -0.25) is 19.7 Å². The predicted octanol–water partition coefficient (Wildman–Crippen LogP) is 3.87. The number of nitrogens with zero attached hydrogens (tertiary/aromatic N) is 2. The topological polar surface area (TPSA) is 89.8 Å². The van der Waals surface area contributed by atoms with Crippen molar-refractivity contribution in [2.45, 2.75) is 18.4 Å². The Labute approximate surface area is 189 Å². The van der Waals surface area contributed by atoms with Crippen molar-refractivity contribution in [3.63, 3.8) is 0 Å². The highest BCUT2D eigenvalue weighted by atomic mass is 16.6. The molecule has 2 amide bonds. The van der Waals surface area contributed by atoms with Crippen LogP contribution in [0.5, 0.6) is 5.75 Å². The number of benzene rings is 3. The zero-order valence-corrected chi connectivity index (χ0v) is 17.8. The van der Waals surface area contributed by atoms with Crippen LogP contribution in [-0.2, 0) is 15.1 Å². The Morgan fingerprint density at radius 2 is 1.48 bits per heavy atom. The van der Waals surface area contributed by atoms with E-state index in [-0.39, 0.29) is 4.92 Å². The van der Waals surface area contributed by atoms with Crippen molar-refractivity contribution in [3.8, 4) is 5.75 Å². The molecule has 1 saturated heterocycles. The van der Waals surface area contributed by atoms with Crippen LogP contribution < -0.4 is 9.64 Å². The molecule has 0 aromatic heterocycles. The third-order valence-corrected chi connectivity index (χ3v) is 7.27. The van der Waals surface area contributed by atoms with Crippen molar-refractivity contribution in [3.05, 3.63) is 105 Å². The first-order chi connectivity index (χ1) is 16.0. The fourth-order valence-corrected chi connectivity index (χ4v) is 6.15. The first-order valence-electron chi connectivity index (χ1n) is 11.0. The lowest BCUT2D eigenvalue weighted by atomic mass is 9.51. The highest BCUT2D eigenvalue weighted by Gasteiger charge is 2.74. The molecule has 1 aliphatic heterocycles. The molecule has 0 N–H and O–H groups in total. The summed E-state index contributed by atoms with van der Waals surface area (Å²) in [7, 11) is 0. The molecule has 0 spiro atoms. The summed E-state index contributed by atoms with van der Waals surface area (Å²) >= 11 is 0. The van der Waals surface area contributed by atoms with Crippen molar-refractivity contribution < 1.29 is 19.2 Å². The van der Waals surface area contributed by atoms with E-state index in [0.29, 0.717) is 29.2 Å². The van der Waals surface area contributed by atoms with Gasteiger partial charge in [-0.2, -0.15) is 0 Å². The van der Waals surface area contributed by atoms with E-state index >= 15 is 0 Å². The third-order valence-electron chi connectivity index (χ3n) is 7.27. The smallest absolute Gasteiger partial charge is 0.285 e. The van der Waals surface area contributed by atoms with Gasteiger partial charge in [0.15, 0.2) is 0 Å². The molecule has 0 saturated carbocycles. The second kappa shape index (κ2) is 6.75. The van der Waals surface area contributed by atoms with Crippen LogP contribution in [-0.4, -0.2) is 23.3 Å². The molecule has 164 valence electrons. The lowest BCUT2D eigenvalue weighted by Gasteiger charge is -2.48. The number of carbonyl (C=O) groups excluding carboxylic acids is 2. The van der Waals surface area contributed by atoms with Crippen LogP contribution in [0, 0.1) is 22.0 Å². The van der Waals surface area contributed by atoms with Crippen molar-refractivity contribution in [2.24, 2.45) is 11.8 Å². The highest BCUT2D eigenvalue weighted by molar-refractivity contribution is 6.23. The van der Waals surface area contributed by atoms with Crippen LogP contribution in [0.4, 0.5) is 5.69 Å². The van der Waals surface area contributed by atoms with Crippen LogP contribution >= 0.6 is 0 Å². The molecule has 0 unspecified atom stereocenters. The summed E-state index contributed by atoms with van der Waals surface area (Å²) in [4.78, 5) is 41.3. The monoisotopic (exact) mass is 440 g/mol. The van der Waals surface area contributed by atoms with Gasteiger partial charge in [-0.15, -0.1) is 0 Å². The zero-order chi connectivity index (χ0) is 22.9. The molecule has 3 aromatic rings. The Kier molecular flexibility index (Phi) is 4.02. The summed E-state index contributed by atoms with van der Waals surface area (Å²) in [6, 6.07) is 21.0. The molecule has 4 aliphatic rings. The van der Waals surface area contributed by atoms with Gasteiger partial charge in [-0.1, -0.05) is 48.5 Å². The van der Waals surface area contributed by atoms with Crippen LogP contribution in [0.25, 0.3) is 0 Å². The molecule has 3 aliphatic carbocycles. The van der Waals surface area contributed by atoms with Gasteiger partial charge in [0.25, 0.3) is 5.54 Å². The molecule has 1 heterocycles. The average molecular weight is 440 g/mol. The minimum absolute atomic E-state index is 0.357. The summed E-state index contributed by atoms with van der Waals surface area (Å²) in [6.07, 6.45) is 0. The van der Waals surface area contributed by atoms with E-state index in [0.717, 1.165) is 16.0 Å². The van der Waals surface area contributed by atoms with Gasteiger partial charge in [-0.05, 0) is 42.3 Å². The number of hydrogen-bond donors (Lipinski definition) is 0. The molecule has 7 rings (SSSR count). The van der Waals surface area contributed by atoms with Gasteiger partial charge in [0.05, 0.1) is 18.2 Å². The Bertz CT molecular complexity index is 1290. The average Bonchev–Trinajstić information content (AvgIpc) is 3.10. The fourth-order valence-electron chi connectivity index (χ4n) is 6.15. The summed E-state index contributed by atoms with van der Waals surface area (Å²) in [5, 5.41) is 12.9. The number of imide groups is 1. The van der Waals surface area contributed by atoms with Crippen molar-refractivity contribution in [2.75, 3.05) is 11.5 Å². The standard InChI is InChI=1S/C26H20N2O5/c1-2-33-16-13-11-15(12-14-16)27-24(29)22-21-17-7-3-5-9-19(17)26(28(31)32,23(22)25(27)30)20-10-6-4-8-18(20)21/h3-14,21-23H,2H2,1H3/t21?,22-,23+,26?/m1/s1. The summed E-state index contributed by atoms with van der Waals surface area (Å²) in [5.41, 5.74) is 1.12. The minimum Gasteiger partial charge on any atom is -0.494 e. The lowest BCUT2D eigenvalue weighted by Crippen LogP contribution is -2.57. The number of anilines is 1. The molecule has 2 bridgehead atoms. The summed E-state index contributed by atoms with van der Waals surface area (Å²) < 4.78 is 5.47. The quantitative estimate of drug-likeness (QED) is 0.349. The predicted molar refractivity (Wildman–Crippen MR) is 120 cm³/mol. The van der Waals surface area contributed by atoms with Crippen LogP contribution in [0.1, 0.15) is 35.1 Å². The van der Waals surface area contributed by atoms with Crippen molar-refractivity contribution >= 4 is 17.5 Å². The molecule has 3 aromatic carbocycles. The van der Waals surface area contributed by atoms with Gasteiger partial charge in [0.2, 0.25) is 11.8 Å². The maximum Gasteiger partial charge on any atom is 0.285 e. The highest BCUT2D eigenvalue weighted by Crippen LogP contribution is 2.64. The van der Waals surface area contributed by atoms with E-state index in [2.05, 4.69) is 0 Å². The van der Waals surface area contributed by atoms with E-state index in [1.807, 2.05) is 31.2 Å². The third kappa shape index (κ3) is 2.29. The van der Waals surface area contributed by atoms with Crippen molar-refractivity contribution in [1.82, 2.24) is 0 Å². The van der Waals surface area contributed by atoms with E-state index in [4.69, 9.17) is 4.74 Å². The molecule has 7 nitrogen and oxygen atoms in total. The molecular formula is C26H20N2O5. The van der Waals surface area contributed by atoms with E-state index < -0.39 is 35.1 Å². The SMILES string of the molecule is CCOc1ccc(N2C(=O)[C@@H]3C4c5ccccc5C([N+](=O)[O-])(c5ccccc54)[C@@H]3C2=O)cc1. The van der Waals surface area contributed by atoms with Crippen LogP contribution in [0.15, 0.2) is 72.8 Å². The molecule has 7 heteroatoms.